The minimum atomic E-state index is -0.703. The molecule has 0 fully saturated rings. The van der Waals surface area contributed by atoms with E-state index in [2.05, 4.69) is 30.6 Å². The van der Waals surface area contributed by atoms with E-state index in [4.69, 9.17) is 33.9 Å². The van der Waals surface area contributed by atoms with Gasteiger partial charge in [0.15, 0.2) is 0 Å². The summed E-state index contributed by atoms with van der Waals surface area (Å²) < 4.78 is 26.3. The zero-order valence-corrected chi connectivity index (χ0v) is 35.3. The van der Waals surface area contributed by atoms with E-state index in [-0.39, 0.29) is 19.3 Å². The second-order valence-corrected chi connectivity index (χ2v) is 13.4. The lowest BCUT2D eigenvalue weighted by Crippen LogP contribution is -2.28. The Bertz CT molecular complexity index is 1960. The predicted molar refractivity (Wildman–Crippen MR) is 224 cm³/mol. The number of carbonyl (C=O) groups excluding carboxylic acids is 6. The average Bonchev–Trinajstić information content (AvgIpc) is 3.18. The SMILES string of the molecule is CC(O)COCC(C)OCC(C)O.Cc1ccc(N=C=O)cc1N=C=O.Cc1ccc(NC(=O)OC(C)COCC(C)OC(=O)Nc2ccc(C)c(N=C=O)c2)cc1N=C=O. The third kappa shape index (κ3) is 23.6. The van der Waals surface area contributed by atoms with Crippen LogP contribution in [0.4, 0.5) is 43.7 Å². The largest absolute Gasteiger partial charge is 0.444 e. The Morgan fingerprint density at radius 3 is 1.33 bits per heavy atom. The van der Waals surface area contributed by atoms with E-state index in [0.29, 0.717) is 53.9 Å². The Labute approximate surface area is 353 Å². The molecule has 19 nitrogen and oxygen atoms in total. The Kier molecular flexibility index (Phi) is 25.6. The number of aliphatic hydroxyl groups is 2. The van der Waals surface area contributed by atoms with Gasteiger partial charge in [0.05, 0.1) is 74.1 Å². The average molecular weight is 849 g/mol. The van der Waals surface area contributed by atoms with Crippen molar-refractivity contribution < 1.29 is 62.7 Å². The summed E-state index contributed by atoms with van der Waals surface area (Å²) in [5, 5.41) is 22.9. The van der Waals surface area contributed by atoms with Crippen molar-refractivity contribution >= 4 is 70.6 Å². The van der Waals surface area contributed by atoms with Crippen LogP contribution in [0.15, 0.2) is 74.6 Å². The monoisotopic (exact) mass is 848 g/mol. The first kappa shape index (κ1) is 52.5. The van der Waals surface area contributed by atoms with E-state index < -0.39 is 36.6 Å². The van der Waals surface area contributed by atoms with Gasteiger partial charge < -0.3 is 33.9 Å². The van der Waals surface area contributed by atoms with Crippen molar-refractivity contribution in [1.29, 1.82) is 0 Å². The summed E-state index contributed by atoms with van der Waals surface area (Å²) in [6.07, 6.45) is 2.26. The molecular formula is C42H52N6O13. The van der Waals surface area contributed by atoms with Crippen LogP contribution in [0.25, 0.3) is 0 Å². The molecule has 19 heteroatoms. The molecule has 0 saturated carbocycles. The number of benzene rings is 3. The van der Waals surface area contributed by atoms with E-state index in [1.165, 1.54) is 42.5 Å². The summed E-state index contributed by atoms with van der Waals surface area (Å²) in [6, 6.07) is 14.6. The van der Waals surface area contributed by atoms with E-state index in [0.717, 1.165) is 16.7 Å². The Balaban J connectivity index is 0.000000581. The number of aliphatic hydroxyl groups excluding tert-OH is 2. The van der Waals surface area contributed by atoms with Crippen LogP contribution in [-0.2, 0) is 42.9 Å². The second kappa shape index (κ2) is 29.7. The highest BCUT2D eigenvalue weighted by molar-refractivity contribution is 5.86. The molecule has 0 bridgehead atoms. The van der Waals surface area contributed by atoms with Crippen LogP contribution in [-0.4, -0.2) is 110 Å². The maximum absolute atomic E-state index is 12.1. The van der Waals surface area contributed by atoms with E-state index in [1.807, 2.05) is 6.92 Å². The van der Waals surface area contributed by atoms with Gasteiger partial charge in [-0.25, -0.2) is 28.8 Å². The minimum absolute atomic E-state index is 0.0478. The minimum Gasteiger partial charge on any atom is -0.444 e. The van der Waals surface area contributed by atoms with Gasteiger partial charge >= 0.3 is 12.2 Å². The third-order valence-corrected chi connectivity index (χ3v) is 7.43. The molecule has 3 aromatic carbocycles. The van der Waals surface area contributed by atoms with Crippen molar-refractivity contribution in [3.05, 3.63) is 71.3 Å². The third-order valence-electron chi connectivity index (χ3n) is 7.43. The van der Waals surface area contributed by atoms with Crippen LogP contribution < -0.4 is 10.6 Å². The van der Waals surface area contributed by atoms with Crippen molar-refractivity contribution in [2.24, 2.45) is 20.0 Å². The van der Waals surface area contributed by atoms with Gasteiger partial charge in [0.1, 0.15) is 12.2 Å². The number of ether oxygens (including phenoxy) is 5. The molecule has 0 spiro atoms. The van der Waals surface area contributed by atoms with Gasteiger partial charge in [-0.15, -0.1) is 0 Å². The molecule has 0 radical (unpaired) electrons. The van der Waals surface area contributed by atoms with Gasteiger partial charge in [-0.2, -0.15) is 20.0 Å². The fraction of sp³-hybridized carbons (Fsp3) is 0.429. The van der Waals surface area contributed by atoms with Gasteiger partial charge in [0.25, 0.3) is 0 Å². The number of carbonyl (C=O) groups is 2. The number of amides is 2. The predicted octanol–water partition coefficient (Wildman–Crippen LogP) is 6.93. The molecule has 0 saturated heterocycles. The molecule has 5 atom stereocenters. The molecule has 61 heavy (non-hydrogen) atoms. The van der Waals surface area contributed by atoms with Crippen LogP contribution >= 0.6 is 0 Å². The molecule has 5 unspecified atom stereocenters. The summed E-state index contributed by atoms with van der Waals surface area (Å²) in [5.74, 6) is 0. The van der Waals surface area contributed by atoms with Gasteiger partial charge in [0, 0.05) is 11.4 Å². The molecule has 3 rings (SSSR count). The van der Waals surface area contributed by atoms with Crippen molar-refractivity contribution in [2.45, 2.75) is 85.9 Å². The second-order valence-electron chi connectivity index (χ2n) is 13.4. The summed E-state index contributed by atoms with van der Waals surface area (Å²) in [5.41, 5.74) is 4.84. The molecule has 0 aliphatic carbocycles. The number of hydrogen-bond donors (Lipinski definition) is 4. The molecule has 0 aromatic heterocycles. The zero-order valence-electron chi connectivity index (χ0n) is 35.3. The fourth-order valence-corrected chi connectivity index (χ4v) is 4.49. The van der Waals surface area contributed by atoms with Crippen molar-refractivity contribution in [3.8, 4) is 0 Å². The molecule has 0 heterocycles. The highest BCUT2D eigenvalue weighted by atomic mass is 16.6. The standard InChI is InChI=1S/C24H26N4O7.C9H6N2O2.C9H20O4/c1-15-5-7-19(9-21(15)25-13-29)27-23(31)34-17(3)11-33-12-18(4)35-24(32)28-20-8-6-16(2)22(10-20)26-14-30;1-7-2-3-8(10-5-12)4-9(7)11-6-13;1-7(10)4-12-6-9(3)13-5-8(2)11/h5-10,17-18H,11-12H2,1-4H3,(H,27,31)(H,28,32);2-4H,1H3;7-11H,4-6H2,1-3H3. The van der Waals surface area contributed by atoms with Crippen molar-refractivity contribution in [3.63, 3.8) is 0 Å². The summed E-state index contributed by atoms with van der Waals surface area (Å²) in [6.45, 7) is 15.1. The lowest BCUT2D eigenvalue weighted by atomic mass is 10.2. The lowest BCUT2D eigenvalue weighted by Gasteiger charge is -2.17. The maximum atomic E-state index is 12.1. The first-order valence-corrected chi connectivity index (χ1v) is 18.7. The van der Waals surface area contributed by atoms with Crippen LogP contribution in [0.5, 0.6) is 0 Å². The highest BCUT2D eigenvalue weighted by Crippen LogP contribution is 2.25. The molecule has 2 amide bonds. The summed E-state index contributed by atoms with van der Waals surface area (Å²) in [7, 11) is 0. The van der Waals surface area contributed by atoms with Crippen molar-refractivity contribution in [2.75, 3.05) is 43.7 Å². The van der Waals surface area contributed by atoms with Gasteiger partial charge in [-0.05, 0) is 108 Å². The summed E-state index contributed by atoms with van der Waals surface area (Å²) in [4.78, 5) is 79.0. The Morgan fingerprint density at radius 2 is 0.918 bits per heavy atom. The Hall–Kier alpha value is -6.48. The molecule has 0 aliphatic rings. The van der Waals surface area contributed by atoms with Gasteiger partial charge in [0.2, 0.25) is 24.3 Å². The first-order chi connectivity index (χ1) is 29.0. The van der Waals surface area contributed by atoms with E-state index in [1.54, 1.807) is 84.9 Å². The molecule has 0 aliphatic heterocycles. The van der Waals surface area contributed by atoms with Crippen LogP contribution in [0.2, 0.25) is 0 Å². The number of rotatable bonds is 19. The van der Waals surface area contributed by atoms with Gasteiger partial charge in [-0.3, -0.25) is 10.6 Å². The normalized spacial score (nSPS) is 12.4. The molecule has 3 aromatic rings. The number of anilines is 2. The van der Waals surface area contributed by atoms with Crippen LogP contribution in [0.1, 0.15) is 51.3 Å². The van der Waals surface area contributed by atoms with E-state index >= 15 is 0 Å². The maximum Gasteiger partial charge on any atom is 0.411 e. The first-order valence-electron chi connectivity index (χ1n) is 18.7. The molecule has 328 valence electrons. The number of aryl methyl sites for hydroxylation is 3. The van der Waals surface area contributed by atoms with E-state index in [9.17, 15) is 28.8 Å². The molecule has 4 N–H and O–H groups in total. The fourth-order valence-electron chi connectivity index (χ4n) is 4.49. The van der Waals surface area contributed by atoms with Gasteiger partial charge in [-0.1, -0.05) is 18.2 Å². The number of isocyanates is 4. The van der Waals surface area contributed by atoms with Crippen LogP contribution in [0.3, 0.4) is 0 Å². The zero-order chi connectivity index (χ0) is 45.7. The quantitative estimate of drug-likeness (QED) is 0.0705. The number of aliphatic imine (C=N–C) groups is 4. The molecular weight excluding hydrogens is 796 g/mol. The smallest absolute Gasteiger partial charge is 0.411 e. The Morgan fingerprint density at radius 1 is 0.541 bits per heavy atom. The highest BCUT2D eigenvalue weighted by Gasteiger charge is 2.14. The van der Waals surface area contributed by atoms with Crippen molar-refractivity contribution in [1.82, 2.24) is 0 Å². The lowest BCUT2D eigenvalue weighted by molar-refractivity contribution is -0.0492. The number of hydrogen-bond acceptors (Lipinski definition) is 17. The number of nitrogens with one attached hydrogen (secondary N) is 2. The topological polar surface area (TPSA) is 263 Å². The number of nitrogens with zero attached hydrogens (tertiary/aromatic N) is 4. The summed E-state index contributed by atoms with van der Waals surface area (Å²) >= 11 is 0. The van der Waals surface area contributed by atoms with Crippen LogP contribution in [0, 0.1) is 20.8 Å².